The van der Waals surface area contributed by atoms with Gasteiger partial charge in [-0.05, 0) is 93.7 Å². The summed E-state index contributed by atoms with van der Waals surface area (Å²) in [6.45, 7) is 14.0. The van der Waals surface area contributed by atoms with Crippen molar-refractivity contribution in [1.29, 1.82) is 0 Å². The molecule has 0 bridgehead atoms. The van der Waals surface area contributed by atoms with E-state index in [9.17, 15) is 9.59 Å². The third-order valence-corrected chi connectivity index (χ3v) is 8.02. The Labute approximate surface area is 274 Å². The van der Waals surface area contributed by atoms with Crippen molar-refractivity contribution >= 4 is 23.4 Å². The molecule has 0 unspecified atom stereocenters. The second-order valence-corrected chi connectivity index (χ2v) is 12.2. The highest BCUT2D eigenvalue weighted by Gasteiger charge is 2.10. The summed E-state index contributed by atoms with van der Waals surface area (Å²) < 4.78 is 0. The molecule has 0 saturated carbocycles. The molecule has 0 aliphatic heterocycles. The van der Waals surface area contributed by atoms with Gasteiger partial charge in [-0.2, -0.15) is 0 Å². The first-order chi connectivity index (χ1) is 22.0. The number of carbonyl (C=O) groups is 2. The molecule has 0 atom stereocenters. The maximum atomic E-state index is 12.7. The second-order valence-electron chi connectivity index (χ2n) is 12.2. The minimum absolute atomic E-state index is 0.186. The standard InChI is InChI=1S/C37H62N6O2/c1-5-9-13-23-42(24-14-10-6-2)30-38-36(44)40-34-21-17-19-32(28-34)27-33-20-18-22-35(29-33)41-37(45)39-31-43(25-15-11-7-3)26-16-12-8-4/h17-22,28-29H,5-16,23-27,30-31H2,1-4H3,(H2,38,40,44)(H2,39,41,45). The van der Waals surface area contributed by atoms with E-state index in [2.05, 4.69) is 70.9 Å². The van der Waals surface area contributed by atoms with Crippen LogP contribution in [0.4, 0.5) is 21.0 Å². The van der Waals surface area contributed by atoms with E-state index in [-0.39, 0.29) is 12.1 Å². The first-order valence-electron chi connectivity index (χ1n) is 17.7. The summed E-state index contributed by atoms with van der Waals surface area (Å²) in [6.07, 6.45) is 15.0. The minimum Gasteiger partial charge on any atom is -0.325 e. The highest BCUT2D eigenvalue weighted by Crippen LogP contribution is 2.18. The van der Waals surface area contributed by atoms with Gasteiger partial charge in [-0.1, -0.05) is 103 Å². The van der Waals surface area contributed by atoms with Crippen molar-refractivity contribution in [2.24, 2.45) is 0 Å². The number of unbranched alkanes of at least 4 members (excludes halogenated alkanes) is 8. The number of nitrogens with zero attached hydrogens (tertiary/aromatic N) is 2. The topological polar surface area (TPSA) is 88.7 Å². The normalized spacial score (nSPS) is 11.2. The molecule has 252 valence electrons. The summed E-state index contributed by atoms with van der Waals surface area (Å²) in [5.41, 5.74) is 3.71. The van der Waals surface area contributed by atoms with Gasteiger partial charge in [0.05, 0.1) is 13.3 Å². The lowest BCUT2D eigenvalue weighted by Crippen LogP contribution is -2.40. The van der Waals surface area contributed by atoms with Gasteiger partial charge in [0.25, 0.3) is 0 Å². The molecular formula is C37H62N6O2. The van der Waals surface area contributed by atoms with Crippen LogP contribution in [-0.2, 0) is 6.42 Å². The zero-order chi connectivity index (χ0) is 32.5. The van der Waals surface area contributed by atoms with Crippen LogP contribution in [0, 0.1) is 0 Å². The molecule has 2 aromatic carbocycles. The van der Waals surface area contributed by atoms with Gasteiger partial charge in [0.15, 0.2) is 0 Å². The molecule has 0 aliphatic carbocycles. The molecule has 0 radical (unpaired) electrons. The predicted octanol–water partition coefficient (Wildman–Crippen LogP) is 8.80. The summed E-state index contributed by atoms with van der Waals surface area (Å²) in [4.78, 5) is 30.1. The molecular weight excluding hydrogens is 560 g/mol. The number of anilines is 2. The predicted molar refractivity (Wildman–Crippen MR) is 191 cm³/mol. The zero-order valence-corrected chi connectivity index (χ0v) is 28.8. The molecule has 0 aromatic heterocycles. The van der Waals surface area contributed by atoms with Crippen LogP contribution in [-0.4, -0.2) is 61.4 Å². The lowest BCUT2D eigenvalue weighted by Gasteiger charge is -2.23. The van der Waals surface area contributed by atoms with Crippen molar-refractivity contribution in [2.75, 3.05) is 50.1 Å². The molecule has 4 N–H and O–H groups in total. The lowest BCUT2D eigenvalue weighted by molar-refractivity contribution is 0.224. The summed E-state index contributed by atoms with van der Waals surface area (Å²) in [6, 6.07) is 15.5. The third-order valence-electron chi connectivity index (χ3n) is 8.02. The molecule has 45 heavy (non-hydrogen) atoms. The van der Waals surface area contributed by atoms with Crippen molar-refractivity contribution in [1.82, 2.24) is 20.4 Å². The van der Waals surface area contributed by atoms with Crippen LogP contribution in [0.25, 0.3) is 0 Å². The van der Waals surface area contributed by atoms with E-state index in [1.54, 1.807) is 0 Å². The highest BCUT2D eigenvalue weighted by atomic mass is 16.2. The van der Waals surface area contributed by atoms with E-state index in [1.165, 1.54) is 51.4 Å². The maximum absolute atomic E-state index is 12.7. The molecule has 8 heteroatoms. The van der Waals surface area contributed by atoms with E-state index in [4.69, 9.17) is 0 Å². The average Bonchev–Trinajstić information content (AvgIpc) is 3.02. The van der Waals surface area contributed by atoms with E-state index in [0.717, 1.165) is 74.4 Å². The van der Waals surface area contributed by atoms with Gasteiger partial charge in [0, 0.05) is 11.4 Å². The number of carbonyl (C=O) groups excluding carboxylic acids is 2. The Morgan fingerprint density at radius 2 is 0.889 bits per heavy atom. The van der Waals surface area contributed by atoms with Crippen molar-refractivity contribution in [3.8, 4) is 0 Å². The van der Waals surface area contributed by atoms with E-state index < -0.39 is 0 Å². The molecule has 4 amide bonds. The van der Waals surface area contributed by atoms with Crippen molar-refractivity contribution in [2.45, 2.75) is 111 Å². The summed E-state index contributed by atoms with van der Waals surface area (Å²) in [5.74, 6) is 0. The summed E-state index contributed by atoms with van der Waals surface area (Å²) in [5, 5.41) is 12.1. The average molecular weight is 623 g/mol. The molecule has 0 saturated heterocycles. The fourth-order valence-corrected chi connectivity index (χ4v) is 5.35. The second kappa shape index (κ2) is 24.2. The number of benzene rings is 2. The SMILES string of the molecule is CCCCCN(CCCCC)CNC(=O)Nc1cccc(Cc2cccc(NC(=O)NCN(CCCCC)CCCCC)c2)c1. The largest absolute Gasteiger partial charge is 0.325 e. The molecule has 8 nitrogen and oxygen atoms in total. The monoisotopic (exact) mass is 622 g/mol. The van der Waals surface area contributed by atoms with Gasteiger partial charge in [-0.25, -0.2) is 9.59 Å². The smallest absolute Gasteiger partial charge is 0.320 e. The Morgan fingerprint density at radius 3 is 1.22 bits per heavy atom. The van der Waals surface area contributed by atoms with Gasteiger partial charge >= 0.3 is 12.1 Å². The van der Waals surface area contributed by atoms with Gasteiger partial charge in [-0.15, -0.1) is 0 Å². The van der Waals surface area contributed by atoms with Gasteiger partial charge < -0.3 is 21.3 Å². The Bertz CT molecular complexity index is 975. The number of rotatable bonds is 24. The Balaban J connectivity index is 1.87. The first kappa shape index (κ1) is 38.1. The Morgan fingerprint density at radius 1 is 0.533 bits per heavy atom. The van der Waals surface area contributed by atoms with Crippen LogP contribution in [0.1, 0.15) is 116 Å². The quantitative estimate of drug-likeness (QED) is 0.0696. The molecule has 0 fully saturated rings. The van der Waals surface area contributed by atoms with Crippen molar-refractivity contribution in [3.05, 3.63) is 59.7 Å². The molecule has 0 aliphatic rings. The number of urea groups is 2. The van der Waals surface area contributed by atoms with Crippen LogP contribution < -0.4 is 21.3 Å². The minimum atomic E-state index is -0.186. The van der Waals surface area contributed by atoms with Crippen LogP contribution in [0.3, 0.4) is 0 Å². The first-order valence-corrected chi connectivity index (χ1v) is 17.7. The summed E-state index contributed by atoms with van der Waals surface area (Å²) >= 11 is 0. The number of nitrogens with one attached hydrogen (secondary N) is 4. The number of hydrogen-bond acceptors (Lipinski definition) is 4. The Kier molecular flexibility index (Phi) is 20.5. The molecule has 2 rings (SSSR count). The van der Waals surface area contributed by atoms with Crippen LogP contribution in [0.5, 0.6) is 0 Å². The highest BCUT2D eigenvalue weighted by molar-refractivity contribution is 5.89. The fraction of sp³-hybridized carbons (Fsp3) is 0.622. The van der Waals surface area contributed by atoms with E-state index in [0.29, 0.717) is 19.8 Å². The zero-order valence-electron chi connectivity index (χ0n) is 28.8. The maximum Gasteiger partial charge on any atom is 0.320 e. The fourth-order valence-electron chi connectivity index (χ4n) is 5.35. The number of amides is 4. The van der Waals surface area contributed by atoms with E-state index >= 15 is 0 Å². The molecule has 2 aromatic rings. The van der Waals surface area contributed by atoms with Crippen LogP contribution in [0.2, 0.25) is 0 Å². The van der Waals surface area contributed by atoms with Crippen LogP contribution in [0.15, 0.2) is 48.5 Å². The van der Waals surface area contributed by atoms with Crippen LogP contribution >= 0.6 is 0 Å². The van der Waals surface area contributed by atoms with Gasteiger partial charge in [0.2, 0.25) is 0 Å². The number of hydrogen-bond donors (Lipinski definition) is 4. The third kappa shape index (κ3) is 17.8. The van der Waals surface area contributed by atoms with Crippen molar-refractivity contribution in [3.63, 3.8) is 0 Å². The van der Waals surface area contributed by atoms with Gasteiger partial charge in [-0.3, -0.25) is 9.80 Å². The Hall–Kier alpha value is -3.10. The van der Waals surface area contributed by atoms with Gasteiger partial charge in [0.1, 0.15) is 0 Å². The lowest BCUT2D eigenvalue weighted by atomic mass is 10.0. The molecule has 0 heterocycles. The molecule has 0 spiro atoms. The van der Waals surface area contributed by atoms with E-state index in [1.807, 2.05) is 36.4 Å². The van der Waals surface area contributed by atoms with Crippen molar-refractivity contribution < 1.29 is 9.59 Å². The summed E-state index contributed by atoms with van der Waals surface area (Å²) in [7, 11) is 0.